The van der Waals surface area contributed by atoms with Crippen molar-refractivity contribution in [3.63, 3.8) is 0 Å². The monoisotopic (exact) mass is 287 g/mol. The summed E-state index contributed by atoms with van der Waals surface area (Å²) in [5.41, 5.74) is 2.25. The highest BCUT2D eigenvalue weighted by Crippen LogP contribution is 2.27. The van der Waals surface area contributed by atoms with Gasteiger partial charge in [0.15, 0.2) is 0 Å². The van der Waals surface area contributed by atoms with E-state index in [2.05, 4.69) is 11.4 Å². The lowest BCUT2D eigenvalue weighted by atomic mass is 10.0. The van der Waals surface area contributed by atoms with Crippen LogP contribution < -0.4 is 10.1 Å². The van der Waals surface area contributed by atoms with Crippen LogP contribution in [-0.4, -0.2) is 25.4 Å². The number of alkyl halides is 3. The van der Waals surface area contributed by atoms with Gasteiger partial charge in [-0.1, -0.05) is 19.1 Å². The average molecular weight is 287 g/mol. The molecule has 0 bridgehead atoms. The van der Waals surface area contributed by atoms with Gasteiger partial charge in [-0.3, -0.25) is 0 Å². The zero-order valence-electron chi connectivity index (χ0n) is 11.6. The highest BCUT2D eigenvalue weighted by Gasteiger charge is 2.31. The Labute approximate surface area is 117 Å². The lowest BCUT2D eigenvalue weighted by molar-refractivity contribution is -0.140. The second-order valence-corrected chi connectivity index (χ2v) is 5.15. The minimum absolute atomic E-state index is 0.493. The van der Waals surface area contributed by atoms with E-state index in [1.54, 1.807) is 0 Å². The van der Waals surface area contributed by atoms with Crippen molar-refractivity contribution in [1.29, 1.82) is 0 Å². The molecule has 0 aromatic heterocycles. The van der Waals surface area contributed by atoms with Crippen molar-refractivity contribution in [2.24, 2.45) is 0 Å². The summed E-state index contributed by atoms with van der Waals surface area (Å²) in [6, 6.07) is 5.41. The van der Waals surface area contributed by atoms with Crippen LogP contribution in [-0.2, 0) is 12.8 Å². The Hall–Kier alpha value is -1.23. The molecule has 1 heterocycles. The zero-order chi connectivity index (χ0) is 14.6. The van der Waals surface area contributed by atoms with E-state index in [0.29, 0.717) is 26.0 Å². The maximum Gasteiger partial charge on any atom is 0.390 e. The molecule has 1 aliphatic heterocycles. The van der Waals surface area contributed by atoms with Gasteiger partial charge in [-0.05, 0) is 36.6 Å². The van der Waals surface area contributed by atoms with Gasteiger partial charge in [0, 0.05) is 12.5 Å². The fourth-order valence-electron chi connectivity index (χ4n) is 2.58. The molecular weight excluding hydrogens is 267 g/mol. The van der Waals surface area contributed by atoms with Crippen molar-refractivity contribution in [3.05, 3.63) is 29.3 Å². The summed E-state index contributed by atoms with van der Waals surface area (Å²) in [7, 11) is 0. The molecule has 0 spiro atoms. The number of hydrogen-bond acceptors (Lipinski definition) is 2. The molecule has 112 valence electrons. The van der Waals surface area contributed by atoms with Crippen LogP contribution in [0.15, 0.2) is 18.2 Å². The molecule has 1 aromatic rings. The smallest absolute Gasteiger partial charge is 0.390 e. The molecule has 0 radical (unpaired) electrons. The molecular formula is C15H20F3NO. The normalized spacial score (nSPS) is 15.8. The van der Waals surface area contributed by atoms with Crippen LogP contribution >= 0.6 is 0 Å². The molecule has 1 unspecified atom stereocenters. The van der Waals surface area contributed by atoms with Crippen LogP contribution in [0.3, 0.4) is 0 Å². The number of benzene rings is 1. The number of aryl methyl sites for hydroxylation is 1. The summed E-state index contributed by atoms with van der Waals surface area (Å²) < 4.78 is 42.9. The first-order valence-corrected chi connectivity index (χ1v) is 7.02. The van der Waals surface area contributed by atoms with Gasteiger partial charge >= 0.3 is 6.18 Å². The van der Waals surface area contributed by atoms with Crippen molar-refractivity contribution in [2.75, 3.05) is 13.2 Å². The van der Waals surface area contributed by atoms with E-state index in [9.17, 15) is 13.2 Å². The second-order valence-electron chi connectivity index (χ2n) is 5.15. The van der Waals surface area contributed by atoms with Crippen molar-refractivity contribution < 1.29 is 17.9 Å². The van der Waals surface area contributed by atoms with Crippen molar-refractivity contribution in [3.8, 4) is 5.75 Å². The fourth-order valence-corrected chi connectivity index (χ4v) is 2.58. The Morgan fingerprint density at radius 2 is 2.15 bits per heavy atom. The minimum Gasteiger partial charge on any atom is -0.493 e. The van der Waals surface area contributed by atoms with Crippen LogP contribution in [0, 0.1) is 0 Å². The number of ether oxygens (including phenoxy) is 1. The molecule has 2 rings (SSSR count). The molecule has 1 atom stereocenters. The number of halogens is 3. The van der Waals surface area contributed by atoms with Gasteiger partial charge in [0.05, 0.1) is 13.0 Å². The van der Waals surface area contributed by atoms with Crippen LogP contribution in [0.4, 0.5) is 13.2 Å². The predicted octanol–water partition coefficient (Wildman–Crippen LogP) is 3.48. The molecule has 0 fully saturated rings. The van der Waals surface area contributed by atoms with E-state index >= 15 is 0 Å². The fraction of sp³-hybridized carbons (Fsp3) is 0.600. The van der Waals surface area contributed by atoms with Crippen LogP contribution in [0.2, 0.25) is 0 Å². The van der Waals surface area contributed by atoms with E-state index < -0.39 is 18.6 Å². The number of fused-ring (bicyclic) bond motifs is 1. The second kappa shape index (κ2) is 6.48. The van der Waals surface area contributed by atoms with Crippen LogP contribution in [0.25, 0.3) is 0 Å². The molecule has 0 saturated carbocycles. The topological polar surface area (TPSA) is 21.3 Å². The summed E-state index contributed by atoms with van der Waals surface area (Å²) in [4.78, 5) is 0. The molecule has 1 aliphatic rings. The molecule has 0 amide bonds. The number of nitrogens with one attached hydrogen (secondary N) is 1. The standard InChI is InChI=1S/C15H20F3NO/c1-2-19-13(10-15(16,17)18)5-3-11-4-6-14-12(9-11)7-8-20-14/h4,6,9,13,19H,2-3,5,7-8,10H2,1H3. The van der Waals surface area contributed by atoms with E-state index in [0.717, 1.165) is 17.7 Å². The van der Waals surface area contributed by atoms with E-state index in [1.807, 2.05) is 19.1 Å². The molecule has 0 saturated heterocycles. The van der Waals surface area contributed by atoms with Gasteiger partial charge in [-0.2, -0.15) is 13.2 Å². The Morgan fingerprint density at radius 1 is 1.35 bits per heavy atom. The van der Waals surface area contributed by atoms with Gasteiger partial charge in [0.1, 0.15) is 5.75 Å². The first kappa shape index (κ1) is 15.2. The maximum atomic E-state index is 12.5. The molecule has 0 aliphatic carbocycles. The third-order valence-electron chi connectivity index (χ3n) is 3.51. The van der Waals surface area contributed by atoms with Crippen LogP contribution in [0.5, 0.6) is 5.75 Å². The summed E-state index contributed by atoms with van der Waals surface area (Å²) in [5, 5.41) is 2.92. The SMILES string of the molecule is CCNC(CCc1ccc2c(c1)CCO2)CC(F)(F)F. The number of hydrogen-bond donors (Lipinski definition) is 1. The van der Waals surface area contributed by atoms with Crippen molar-refractivity contribution >= 4 is 0 Å². The Morgan fingerprint density at radius 3 is 2.85 bits per heavy atom. The molecule has 1 aromatic carbocycles. The maximum absolute atomic E-state index is 12.5. The Balaban J connectivity index is 1.91. The van der Waals surface area contributed by atoms with Gasteiger partial charge < -0.3 is 10.1 Å². The zero-order valence-corrected chi connectivity index (χ0v) is 11.6. The summed E-state index contributed by atoms with van der Waals surface area (Å²) in [6.07, 6.45) is -2.84. The lowest BCUT2D eigenvalue weighted by Crippen LogP contribution is -2.34. The van der Waals surface area contributed by atoms with Gasteiger partial charge in [0.2, 0.25) is 0 Å². The number of rotatable bonds is 6. The summed E-state index contributed by atoms with van der Waals surface area (Å²) in [6.45, 7) is 3.09. The first-order chi connectivity index (χ1) is 9.48. The predicted molar refractivity (Wildman–Crippen MR) is 72.1 cm³/mol. The quantitative estimate of drug-likeness (QED) is 0.865. The van der Waals surface area contributed by atoms with E-state index in [4.69, 9.17) is 4.74 Å². The Kier molecular flexibility index (Phi) is 4.91. The van der Waals surface area contributed by atoms with Crippen molar-refractivity contribution in [2.45, 2.75) is 44.8 Å². The summed E-state index contributed by atoms with van der Waals surface area (Å²) >= 11 is 0. The first-order valence-electron chi connectivity index (χ1n) is 7.02. The van der Waals surface area contributed by atoms with Crippen LogP contribution in [0.1, 0.15) is 30.9 Å². The molecule has 5 heteroatoms. The summed E-state index contributed by atoms with van der Waals surface area (Å²) in [5.74, 6) is 0.910. The van der Waals surface area contributed by atoms with Crippen molar-refractivity contribution in [1.82, 2.24) is 5.32 Å². The third-order valence-corrected chi connectivity index (χ3v) is 3.51. The average Bonchev–Trinajstić information content (AvgIpc) is 2.81. The molecule has 20 heavy (non-hydrogen) atoms. The highest BCUT2D eigenvalue weighted by atomic mass is 19.4. The van der Waals surface area contributed by atoms with E-state index in [-0.39, 0.29) is 0 Å². The largest absolute Gasteiger partial charge is 0.493 e. The highest BCUT2D eigenvalue weighted by molar-refractivity contribution is 5.39. The van der Waals surface area contributed by atoms with E-state index in [1.165, 1.54) is 5.56 Å². The van der Waals surface area contributed by atoms with Gasteiger partial charge in [0.25, 0.3) is 0 Å². The lowest BCUT2D eigenvalue weighted by Gasteiger charge is -2.19. The van der Waals surface area contributed by atoms with Gasteiger partial charge in [-0.25, -0.2) is 0 Å². The molecule has 2 nitrogen and oxygen atoms in total. The van der Waals surface area contributed by atoms with Gasteiger partial charge in [-0.15, -0.1) is 0 Å². The Bertz CT molecular complexity index is 445. The third kappa shape index (κ3) is 4.40. The minimum atomic E-state index is -4.11. The molecule has 1 N–H and O–H groups in total.